The van der Waals surface area contributed by atoms with Crippen molar-refractivity contribution in [2.24, 2.45) is 5.73 Å². The molecule has 2 N–H and O–H groups in total. The third kappa shape index (κ3) is 2.66. The van der Waals surface area contributed by atoms with Crippen molar-refractivity contribution in [3.63, 3.8) is 0 Å². The Balaban J connectivity index is 1.77. The van der Waals surface area contributed by atoms with Crippen LogP contribution in [-0.2, 0) is 5.54 Å². The van der Waals surface area contributed by atoms with Crippen molar-refractivity contribution in [2.75, 3.05) is 0 Å². The quantitative estimate of drug-likeness (QED) is 0.785. The van der Waals surface area contributed by atoms with Gasteiger partial charge in [-0.15, -0.1) is 0 Å². The Morgan fingerprint density at radius 3 is 2.52 bits per heavy atom. The average Bonchev–Trinajstić information content (AvgIpc) is 3.20. The largest absolute Gasteiger partial charge is 0.334 e. The molecule has 6 nitrogen and oxygen atoms in total. The molecule has 2 heterocycles. The fourth-order valence-electron chi connectivity index (χ4n) is 3.29. The lowest BCUT2D eigenvalue weighted by Crippen LogP contribution is -2.44. The van der Waals surface area contributed by atoms with Gasteiger partial charge in [0.15, 0.2) is 5.82 Å². The van der Waals surface area contributed by atoms with Crippen LogP contribution in [0.5, 0.6) is 0 Å². The summed E-state index contributed by atoms with van der Waals surface area (Å²) in [6.45, 7) is 6.35. The zero-order chi connectivity index (χ0) is 17.6. The lowest BCUT2D eigenvalue weighted by atomic mass is 9.77. The van der Waals surface area contributed by atoms with E-state index in [4.69, 9.17) is 10.3 Å². The summed E-state index contributed by atoms with van der Waals surface area (Å²) >= 11 is 0. The fourth-order valence-corrected chi connectivity index (χ4v) is 3.29. The molecule has 4 rings (SSSR count). The number of rotatable bonds is 4. The third-order valence-electron chi connectivity index (χ3n) is 4.98. The van der Waals surface area contributed by atoms with E-state index in [2.05, 4.69) is 60.3 Å². The molecule has 0 atom stereocenters. The van der Waals surface area contributed by atoms with Crippen LogP contribution in [0, 0.1) is 6.92 Å². The number of aryl methyl sites for hydroxylation is 1. The van der Waals surface area contributed by atoms with Crippen molar-refractivity contribution in [1.82, 2.24) is 19.9 Å². The number of aromatic nitrogens is 4. The zero-order valence-electron chi connectivity index (χ0n) is 14.9. The number of hydrogen-bond acceptors (Lipinski definition) is 5. The topological polar surface area (TPSA) is 82.8 Å². The minimum atomic E-state index is -0.424. The summed E-state index contributed by atoms with van der Waals surface area (Å²) in [5.41, 5.74) is 10.1. The Morgan fingerprint density at radius 1 is 1.20 bits per heavy atom. The SMILES string of the molecule is Cc1ccc(-n2ncc(-c3nc(C4(N)CCC4)no3)c2C(C)C)cc1. The summed E-state index contributed by atoms with van der Waals surface area (Å²) in [5, 5.41) is 8.71. The van der Waals surface area contributed by atoms with Gasteiger partial charge in [-0.05, 0) is 44.2 Å². The van der Waals surface area contributed by atoms with E-state index in [1.54, 1.807) is 6.20 Å². The monoisotopic (exact) mass is 337 g/mol. The molecule has 3 aromatic rings. The molecule has 1 aliphatic rings. The second-order valence-corrected chi connectivity index (χ2v) is 7.28. The van der Waals surface area contributed by atoms with Gasteiger partial charge in [0.2, 0.25) is 0 Å². The highest BCUT2D eigenvalue weighted by molar-refractivity contribution is 5.58. The van der Waals surface area contributed by atoms with E-state index in [0.29, 0.717) is 11.7 Å². The molecular formula is C19H23N5O. The second kappa shape index (κ2) is 5.81. The predicted molar refractivity (Wildman–Crippen MR) is 95.4 cm³/mol. The smallest absolute Gasteiger partial charge is 0.261 e. The van der Waals surface area contributed by atoms with Gasteiger partial charge < -0.3 is 10.3 Å². The summed E-state index contributed by atoms with van der Waals surface area (Å²) in [7, 11) is 0. The Morgan fingerprint density at radius 2 is 1.92 bits per heavy atom. The van der Waals surface area contributed by atoms with Crippen LogP contribution in [0.1, 0.15) is 56.1 Å². The minimum Gasteiger partial charge on any atom is -0.334 e. The molecule has 0 aliphatic heterocycles. The summed E-state index contributed by atoms with van der Waals surface area (Å²) in [6.07, 6.45) is 4.73. The lowest BCUT2D eigenvalue weighted by Gasteiger charge is -2.34. The highest BCUT2D eigenvalue weighted by atomic mass is 16.5. The van der Waals surface area contributed by atoms with Gasteiger partial charge in [0.25, 0.3) is 5.89 Å². The molecule has 0 bridgehead atoms. The molecule has 1 fully saturated rings. The summed E-state index contributed by atoms with van der Waals surface area (Å²) in [6, 6.07) is 8.31. The fraction of sp³-hybridized carbons (Fsp3) is 0.421. The van der Waals surface area contributed by atoms with E-state index in [9.17, 15) is 0 Å². The van der Waals surface area contributed by atoms with Crippen LogP contribution >= 0.6 is 0 Å². The van der Waals surface area contributed by atoms with E-state index < -0.39 is 5.54 Å². The molecule has 0 saturated heterocycles. The van der Waals surface area contributed by atoms with Crippen LogP contribution in [0.2, 0.25) is 0 Å². The van der Waals surface area contributed by atoms with Gasteiger partial charge in [-0.25, -0.2) is 4.68 Å². The first kappa shape index (κ1) is 16.0. The first-order valence-corrected chi connectivity index (χ1v) is 8.76. The number of benzene rings is 1. The molecule has 25 heavy (non-hydrogen) atoms. The molecule has 0 unspecified atom stereocenters. The van der Waals surface area contributed by atoms with E-state index in [1.165, 1.54) is 5.56 Å². The molecule has 0 amide bonds. The summed E-state index contributed by atoms with van der Waals surface area (Å²) in [5.74, 6) is 1.35. The van der Waals surface area contributed by atoms with Gasteiger partial charge in [-0.3, -0.25) is 0 Å². The first-order valence-electron chi connectivity index (χ1n) is 8.76. The standard InChI is InChI=1S/C19H23N5O/c1-12(2)16-15(11-21-24(16)14-7-5-13(3)6-8-14)17-22-18(23-25-17)19(20)9-4-10-19/h5-8,11-12H,4,9-10,20H2,1-3H3. The Kier molecular flexibility index (Phi) is 3.72. The van der Waals surface area contributed by atoms with Gasteiger partial charge in [0, 0.05) is 0 Å². The highest BCUT2D eigenvalue weighted by Gasteiger charge is 2.39. The Labute approximate surface area is 147 Å². The first-order chi connectivity index (χ1) is 12.0. The number of nitrogens with two attached hydrogens (primary N) is 1. The van der Waals surface area contributed by atoms with Crippen molar-refractivity contribution in [3.05, 3.63) is 47.5 Å². The molecule has 1 aromatic carbocycles. The second-order valence-electron chi connectivity index (χ2n) is 7.28. The van der Waals surface area contributed by atoms with Crippen molar-refractivity contribution in [1.29, 1.82) is 0 Å². The van der Waals surface area contributed by atoms with Gasteiger partial charge in [0.05, 0.1) is 28.7 Å². The molecule has 1 aliphatic carbocycles. The third-order valence-corrected chi connectivity index (χ3v) is 4.98. The van der Waals surface area contributed by atoms with Crippen molar-refractivity contribution in [3.8, 4) is 17.1 Å². The maximum atomic E-state index is 6.32. The average molecular weight is 337 g/mol. The van der Waals surface area contributed by atoms with Gasteiger partial charge >= 0.3 is 0 Å². The molecule has 2 aromatic heterocycles. The summed E-state index contributed by atoms with van der Waals surface area (Å²) < 4.78 is 7.49. The van der Waals surface area contributed by atoms with Crippen LogP contribution in [0.25, 0.3) is 17.1 Å². The van der Waals surface area contributed by atoms with Crippen molar-refractivity contribution < 1.29 is 4.52 Å². The lowest BCUT2D eigenvalue weighted by molar-refractivity contribution is 0.229. The number of nitrogens with zero attached hydrogens (tertiary/aromatic N) is 4. The molecule has 130 valence electrons. The Bertz CT molecular complexity index is 887. The van der Waals surface area contributed by atoms with E-state index >= 15 is 0 Å². The molecule has 1 saturated carbocycles. The molecule has 0 spiro atoms. The van der Waals surface area contributed by atoms with E-state index in [0.717, 1.165) is 36.2 Å². The summed E-state index contributed by atoms with van der Waals surface area (Å²) in [4.78, 5) is 4.58. The maximum Gasteiger partial charge on any atom is 0.261 e. The zero-order valence-corrected chi connectivity index (χ0v) is 14.9. The highest BCUT2D eigenvalue weighted by Crippen LogP contribution is 2.38. The number of hydrogen-bond donors (Lipinski definition) is 1. The van der Waals surface area contributed by atoms with Crippen LogP contribution < -0.4 is 5.73 Å². The van der Waals surface area contributed by atoms with Crippen LogP contribution in [0.4, 0.5) is 0 Å². The van der Waals surface area contributed by atoms with E-state index in [1.807, 2.05) is 4.68 Å². The van der Waals surface area contributed by atoms with Crippen LogP contribution in [-0.4, -0.2) is 19.9 Å². The van der Waals surface area contributed by atoms with Crippen LogP contribution in [0.15, 0.2) is 35.0 Å². The Hall–Kier alpha value is -2.47. The normalized spacial score (nSPS) is 16.2. The maximum absolute atomic E-state index is 6.32. The van der Waals surface area contributed by atoms with Crippen molar-refractivity contribution in [2.45, 2.75) is 51.5 Å². The van der Waals surface area contributed by atoms with E-state index in [-0.39, 0.29) is 5.92 Å². The molecule has 6 heteroatoms. The van der Waals surface area contributed by atoms with Gasteiger partial charge in [0.1, 0.15) is 0 Å². The van der Waals surface area contributed by atoms with Gasteiger partial charge in [-0.1, -0.05) is 36.7 Å². The molecular weight excluding hydrogens is 314 g/mol. The van der Waals surface area contributed by atoms with Crippen LogP contribution in [0.3, 0.4) is 0 Å². The van der Waals surface area contributed by atoms with Crippen molar-refractivity contribution >= 4 is 0 Å². The minimum absolute atomic E-state index is 0.254. The molecule has 0 radical (unpaired) electrons. The predicted octanol–water partition coefficient (Wildman–Crippen LogP) is 3.69. The van der Waals surface area contributed by atoms with Gasteiger partial charge in [-0.2, -0.15) is 10.1 Å².